The van der Waals surface area contributed by atoms with Crippen LogP contribution in [0.4, 0.5) is 11.5 Å². The van der Waals surface area contributed by atoms with Gasteiger partial charge in [-0.05, 0) is 39.2 Å². The molecule has 8 heteroatoms. The zero-order chi connectivity index (χ0) is 19.5. The van der Waals surface area contributed by atoms with E-state index in [4.69, 9.17) is 4.74 Å². The highest BCUT2D eigenvalue weighted by atomic mass is 16.5. The number of hydrogen-bond donors (Lipinski definition) is 2. The molecule has 2 N–H and O–H groups in total. The van der Waals surface area contributed by atoms with Gasteiger partial charge in [0, 0.05) is 31.4 Å². The first-order valence-corrected chi connectivity index (χ1v) is 9.41. The van der Waals surface area contributed by atoms with Crippen molar-refractivity contribution in [1.82, 2.24) is 19.8 Å². The number of ether oxygens (including phenoxy) is 1. The summed E-state index contributed by atoms with van der Waals surface area (Å²) in [6.45, 7) is 3.01. The van der Waals surface area contributed by atoms with Crippen LogP contribution < -0.4 is 10.6 Å². The van der Waals surface area contributed by atoms with Crippen molar-refractivity contribution in [3.05, 3.63) is 48.0 Å². The van der Waals surface area contributed by atoms with Gasteiger partial charge in [-0.3, -0.25) is 4.79 Å². The van der Waals surface area contributed by atoms with Crippen molar-refractivity contribution in [3.8, 4) is 0 Å². The molecule has 1 aliphatic carbocycles. The maximum absolute atomic E-state index is 12.6. The maximum Gasteiger partial charge on any atom is 0.206 e. The van der Waals surface area contributed by atoms with Gasteiger partial charge in [-0.15, -0.1) is 5.10 Å². The Hall–Kier alpha value is -3.13. The highest BCUT2D eigenvalue weighted by Gasteiger charge is 2.23. The Balaban J connectivity index is 1.66. The zero-order valence-corrected chi connectivity index (χ0v) is 16.1. The Labute approximate surface area is 163 Å². The van der Waals surface area contributed by atoms with Crippen LogP contribution >= 0.6 is 0 Å². The Morgan fingerprint density at radius 2 is 2.25 bits per heavy atom. The predicted molar refractivity (Wildman–Crippen MR) is 109 cm³/mol. The van der Waals surface area contributed by atoms with E-state index in [1.54, 1.807) is 16.7 Å². The largest absolute Gasteiger partial charge is 0.490 e. The van der Waals surface area contributed by atoms with Crippen molar-refractivity contribution in [2.45, 2.75) is 6.42 Å². The lowest BCUT2D eigenvalue weighted by Gasteiger charge is -2.23. The highest BCUT2D eigenvalue weighted by Crippen LogP contribution is 2.31. The predicted octanol–water partition coefficient (Wildman–Crippen LogP) is 1.74. The smallest absolute Gasteiger partial charge is 0.206 e. The van der Waals surface area contributed by atoms with Gasteiger partial charge in [-0.1, -0.05) is 6.07 Å². The number of nitrogens with zero attached hydrogens (tertiary/aromatic N) is 4. The third-order valence-corrected chi connectivity index (χ3v) is 4.56. The Morgan fingerprint density at radius 3 is 3.11 bits per heavy atom. The van der Waals surface area contributed by atoms with Crippen molar-refractivity contribution in [3.63, 3.8) is 0 Å². The van der Waals surface area contributed by atoms with Gasteiger partial charge >= 0.3 is 0 Å². The van der Waals surface area contributed by atoms with E-state index < -0.39 is 0 Å². The Bertz CT molecular complexity index is 986. The number of aromatic nitrogens is 2. The van der Waals surface area contributed by atoms with Gasteiger partial charge in [-0.25, -0.2) is 9.51 Å². The molecular formula is C20H24N6O2. The summed E-state index contributed by atoms with van der Waals surface area (Å²) in [6.07, 6.45) is 6.10. The van der Waals surface area contributed by atoms with Crippen molar-refractivity contribution in [2.75, 3.05) is 45.7 Å². The molecular weight excluding hydrogens is 356 g/mol. The molecule has 0 unspecified atom stereocenters. The molecule has 8 nitrogen and oxygen atoms in total. The number of aliphatic imine (C=N–C) groups is 1. The first-order chi connectivity index (χ1) is 13.6. The summed E-state index contributed by atoms with van der Waals surface area (Å²) >= 11 is 0. The fourth-order valence-electron chi connectivity index (χ4n) is 3.18. The second kappa shape index (κ2) is 7.85. The molecule has 0 atom stereocenters. The Morgan fingerprint density at radius 1 is 1.36 bits per heavy atom. The van der Waals surface area contributed by atoms with Gasteiger partial charge in [0.1, 0.15) is 23.8 Å². The number of anilines is 1. The third kappa shape index (κ3) is 3.77. The minimum Gasteiger partial charge on any atom is -0.490 e. The molecule has 2 aromatic heterocycles. The van der Waals surface area contributed by atoms with Crippen molar-refractivity contribution < 1.29 is 9.53 Å². The summed E-state index contributed by atoms with van der Waals surface area (Å²) in [7, 11) is 4.10. The SMILES string of the molecule is CN(C)CCCNc1nn2ccccc2c1N=C1C=C2OCCNC2=CC1=O. The van der Waals surface area contributed by atoms with Crippen LogP contribution in [0.2, 0.25) is 0 Å². The van der Waals surface area contributed by atoms with E-state index in [1.165, 1.54) is 0 Å². The van der Waals surface area contributed by atoms with Crippen LogP contribution in [0.3, 0.4) is 0 Å². The van der Waals surface area contributed by atoms with E-state index >= 15 is 0 Å². The van der Waals surface area contributed by atoms with Crippen LogP contribution in [0.15, 0.2) is 53.0 Å². The first kappa shape index (κ1) is 18.2. The third-order valence-electron chi connectivity index (χ3n) is 4.56. The van der Waals surface area contributed by atoms with Crippen molar-refractivity contribution >= 4 is 28.5 Å². The van der Waals surface area contributed by atoms with Gasteiger partial charge in [0.05, 0.1) is 11.2 Å². The van der Waals surface area contributed by atoms with E-state index in [2.05, 4.69) is 39.7 Å². The van der Waals surface area contributed by atoms with Crippen LogP contribution in [0, 0.1) is 0 Å². The standard InChI is InChI=1S/C20H24N6O2/c1-25(2)9-5-7-22-20-19(16-6-3-4-10-26(16)24-20)23-14-13-18-15(12-17(14)27)21-8-11-28-18/h3-4,6,10,12-13,21H,5,7-9,11H2,1-2H3,(H,22,24). The molecule has 0 aromatic carbocycles. The number of morpholine rings is 1. The number of ketones is 1. The number of carbonyl (C=O) groups is 1. The summed E-state index contributed by atoms with van der Waals surface area (Å²) < 4.78 is 7.43. The lowest BCUT2D eigenvalue weighted by Crippen LogP contribution is -2.31. The summed E-state index contributed by atoms with van der Waals surface area (Å²) in [5.74, 6) is 1.17. The van der Waals surface area contributed by atoms with E-state index in [1.807, 2.05) is 24.4 Å². The van der Waals surface area contributed by atoms with Crippen LogP contribution in [0.5, 0.6) is 0 Å². The number of hydrogen-bond acceptors (Lipinski definition) is 7. The number of carbonyl (C=O) groups excluding carboxylic acids is 1. The van der Waals surface area contributed by atoms with Crippen LogP contribution in [0.1, 0.15) is 6.42 Å². The molecule has 0 amide bonds. The molecule has 0 bridgehead atoms. The average Bonchev–Trinajstić information content (AvgIpc) is 3.03. The fourth-order valence-corrected chi connectivity index (χ4v) is 3.18. The topological polar surface area (TPSA) is 83.3 Å². The van der Waals surface area contributed by atoms with Gasteiger partial charge in [0.25, 0.3) is 0 Å². The fraction of sp³-hybridized carbons (Fsp3) is 0.350. The van der Waals surface area contributed by atoms with Gasteiger partial charge in [0.2, 0.25) is 5.78 Å². The molecule has 0 spiro atoms. The molecule has 4 rings (SSSR count). The molecule has 2 aromatic rings. The maximum atomic E-state index is 12.6. The Kier molecular flexibility index (Phi) is 5.12. The summed E-state index contributed by atoms with van der Waals surface area (Å²) in [6, 6.07) is 5.79. The molecule has 146 valence electrons. The number of pyridine rings is 1. The molecule has 3 heterocycles. The molecule has 1 saturated heterocycles. The van der Waals surface area contributed by atoms with Crippen molar-refractivity contribution in [2.24, 2.45) is 4.99 Å². The van der Waals surface area contributed by atoms with Gasteiger partial charge in [0.15, 0.2) is 5.82 Å². The van der Waals surface area contributed by atoms with E-state index in [9.17, 15) is 4.79 Å². The van der Waals surface area contributed by atoms with E-state index in [-0.39, 0.29) is 5.78 Å². The molecule has 0 saturated carbocycles. The number of nitrogens with one attached hydrogen (secondary N) is 2. The average molecular weight is 380 g/mol. The molecule has 1 aliphatic heterocycles. The van der Waals surface area contributed by atoms with Gasteiger partial charge in [-0.2, -0.15) is 0 Å². The van der Waals surface area contributed by atoms with Crippen LogP contribution in [-0.4, -0.2) is 66.3 Å². The number of allylic oxidation sites excluding steroid dienone is 2. The normalized spacial score (nSPS) is 17.8. The molecule has 2 aliphatic rings. The number of fused-ring (bicyclic) bond motifs is 2. The number of rotatable bonds is 6. The zero-order valence-electron chi connectivity index (χ0n) is 16.1. The van der Waals surface area contributed by atoms with Crippen molar-refractivity contribution in [1.29, 1.82) is 0 Å². The lowest BCUT2D eigenvalue weighted by atomic mass is 10.1. The summed E-state index contributed by atoms with van der Waals surface area (Å²) in [5, 5.41) is 11.1. The van der Waals surface area contributed by atoms with Crippen LogP contribution in [0.25, 0.3) is 5.52 Å². The molecule has 0 radical (unpaired) electrons. The molecule has 1 fully saturated rings. The second-order valence-corrected chi connectivity index (χ2v) is 7.01. The minimum absolute atomic E-state index is 0.148. The quantitative estimate of drug-likeness (QED) is 0.587. The monoisotopic (exact) mass is 380 g/mol. The van der Waals surface area contributed by atoms with Gasteiger partial charge < -0.3 is 20.3 Å². The minimum atomic E-state index is -0.148. The first-order valence-electron chi connectivity index (χ1n) is 9.41. The lowest BCUT2D eigenvalue weighted by molar-refractivity contribution is -0.109. The summed E-state index contributed by atoms with van der Waals surface area (Å²) in [5.41, 5.74) is 2.56. The van der Waals surface area contributed by atoms with E-state index in [0.717, 1.165) is 30.7 Å². The second-order valence-electron chi connectivity index (χ2n) is 7.01. The summed E-state index contributed by atoms with van der Waals surface area (Å²) in [4.78, 5) is 19.4. The molecule has 28 heavy (non-hydrogen) atoms. The van der Waals surface area contributed by atoms with Crippen LogP contribution in [-0.2, 0) is 9.53 Å². The van der Waals surface area contributed by atoms with E-state index in [0.29, 0.717) is 36.1 Å². The highest BCUT2D eigenvalue weighted by molar-refractivity contribution is 6.49.